The van der Waals surface area contributed by atoms with E-state index in [4.69, 9.17) is 14.2 Å². The van der Waals surface area contributed by atoms with Gasteiger partial charge in [0.05, 0.1) is 18.8 Å². The molecule has 9 nitrogen and oxygen atoms in total. The Morgan fingerprint density at radius 3 is 2.51 bits per heavy atom. The quantitative estimate of drug-likeness (QED) is 0.468. The maximum Gasteiger partial charge on any atom is 0.408 e. The fourth-order valence-corrected chi connectivity index (χ4v) is 5.12. The molecule has 4 heterocycles. The minimum Gasteiger partial charge on any atom is -0.487 e. The van der Waals surface area contributed by atoms with Crippen molar-refractivity contribution in [2.24, 2.45) is 13.0 Å². The van der Waals surface area contributed by atoms with Crippen LogP contribution < -0.4 is 10.1 Å². The molecule has 9 heteroatoms. The smallest absolute Gasteiger partial charge is 0.408 e. The van der Waals surface area contributed by atoms with Crippen molar-refractivity contribution in [2.75, 3.05) is 26.7 Å². The molecular formula is C28H32N4O5. The lowest BCUT2D eigenvalue weighted by atomic mass is 9.86. The Labute approximate surface area is 216 Å². The highest BCUT2D eigenvalue weighted by Crippen LogP contribution is 2.30. The van der Waals surface area contributed by atoms with E-state index in [9.17, 15) is 9.59 Å². The van der Waals surface area contributed by atoms with Crippen LogP contribution in [0, 0.1) is 5.92 Å². The number of amides is 1. The van der Waals surface area contributed by atoms with Gasteiger partial charge in [-0.2, -0.15) is 5.10 Å². The molecule has 2 atom stereocenters. The zero-order valence-corrected chi connectivity index (χ0v) is 21.1. The van der Waals surface area contributed by atoms with Crippen LogP contribution in [0.2, 0.25) is 0 Å². The van der Waals surface area contributed by atoms with Crippen molar-refractivity contribution >= 4 is 12.1 Å². The summed E-state index contributed by atoms with van der Waals surface area (Å²) in [6, 6.07) is 18.7. The van der Waals surface area contributed by atoms with Crippen molar-refractivity contribution in [1.29, 1.82) is 0 Å². The number of aryl methyl sites for hydroxylation is 1. The molecule has 1 aromatic heterocycles. The number of hydrogen-bond donors (Lipinski definition) is 1. The third-order valence-corrected chi connectivity index (χ3v) is 7.20. The van der Waals surface area contributed by atoms with Crippen LogP contribution in [0.5, 0.6) is 5.75 Å². The van der Waals surface area contributed by atoms with Gasteiger partial charge in [0.25, 0.3) is 0 Å². The predicted octanol–water partition coefficient (Wildman–Crippen LogP) is 3.70. The third-order valence-electron chi connectivity index (χ3n) is 7.20. The number of rotatable bonds is 8. The summed E-state index contributed by atoms with van der Waals surface area (Å²) in [4.78, 5) is 27.2. The van der Waals surface area contributed by atoms with Crippen molar-refractivity contribution in [1.82, 2.24) is 20.0 Å². The molecule has 194 valence electrons. The minimum absolute atomic E-state index is 0.0673. The Morgan fingerprint density at radius 2 is 1.81 bits per heavy atom. The van der Waals surface area contributed by atoms with Gasteiger partial charge in [0.2, 0.25) is 0 Å². The number of fused-ring (bicyclic) bond motifs is 3. The number of nitrogens with one attached hydrogen (secondary N) is 1. The molecule has 3 aliphatic rings. The number of carbonyl (C=O) groups excluding carboxylic acids is 2. The summed E-state index contributed by atoms with van der Waals surface area (Å²) in [6.45, 7) is 3.21. The fourth-order valence-electron chi connectivity index (χ4n) is 5.12. The van der Waals surface area contributed by atoms with Crippen LogP contribution in [0.3, 0.4) is 0 Å². The van der Waals surface area contributed by atoms with E-state index in [0.717, 1.165) is 49.3 Å². The number of piperidine rings is 3. The fraction of sp³-hybridized carbons (Fsp3) is 0.393. The zero-order chi connectivity index (χ0) is 25.8. The molecule has 0 saturated carbocycles. The number of carbonyl (C=O) groups is 2. The Bertz CT molecular complexity index is 1240. The van der Waals surface area contributed by atoms with Gasteiger partial charge in [-0.15, -0.1) is 0 Å². The molecule has 6 rings (SSSR count). The molecule has 3 fully saturated rings. The van der Waals surface area contributed by atoms with E-state index in [1.54, 1.807) is 17.8 Å². The topological polar surface area (TPSA) is 94.9 Å². The van der Waals surface area contributed by atoms with Gasteiger partial charge in [-0.1, -0.05) is 42.5 Å². The average Bonchev–Trinajstić information content (AvgIpc) is 3.31. The molecule has 2 aromatic carbocycles. The molecule has 0 spiro atoms. The second-order valence-corrected chi connectivity index (χ2v) is 9.57. The molecule has 0 aliphatic carbocycles. The molecular weight excluding hydrogens is 472 g/mol. The van der Waals surface area contributed by atoms with Crippen molar-refractivity contribution in [3.05, 3.63) is 83.2 Å². The van der Waals surface area contributed by atoms with E-state index < -0.39 is 18.1 Å². The van der Waals surface area contributed by atoms with Crippen molar-refractivity contribution < 1.29 is 23.8 Å². The predicted molar refractivity (Wildman–Crippen MR) is 136 cm³/mol. The first kappa shape index (κ1) is 24.8. The lowest BCUT2D eigenvalue weighted by Gasteiger charge is -2.43. The molecule has 0 radical (unpaired) electrons. The lowest BCUT2D eigenvalue weighted by molar-refractivity contribution is -0.0336. The van der Waals surface area contributed by atoms with Crippen LogP contribution in [-0.4, -0.2) is 59.6 Å². The van der Waals surface area contributed by atoms with Crippen LogP contribution in [-0.2, 0) is 23.1 Å². The van der Waals surface area contributed by atoms with E-state index in [1.807, 2.05) is 54.6 Å². The summed E-state index contributed by atoms with van der Waals surface area (Å²) in [5.74, 6) is 0.576. The van der Waals surface area contributed by atoms with E-state index in [-0.39, 0.29) is 18.4 Å². The minimum atomic E-state index is -0.495. The Morgan fingerprint density at radius 1 is 1.05 bits per heavy atom. The van der Waals surface area contributed by atoms with Gasteiger partial charge < -0.3 is 19.5 Å². The van der Waals surface area contributed by atoms with E-state index in [0.29, 0.717) is 11.7 Å². The monoisotopic (exact) mass is 504 g/mol. The third kappa shape index (κ3) is 5.77. The highest BCUT2D eigenvalue weighted by molar-refractivity contribution is 5.87. The number of methoxy groups -OCH3 is 1. The Hall–Kier alpha value is -3.85. The van der Waals surface area contributed by atoms with Crippen LogP contribution in [0.15, 0.2) is 60.7 Å². The first-order valence-corrected chi connectivity index (χ1v) is 12.6. The maximum atomic E-state index is 13.0. The summed E-state index contributed by atoms with van der Waals surface area (Å²) in [5, 5.41) is 7.26. The molecule has 37 heavy (non-hydrogen) atoms. The SMILES string of the molecule is COC(=O)c1cc(COc2cccc(C(NC(=O)OC3CN4CCC3CC4)c3ccccc3)c2)n(C)n1. The normalized spacial score (nSPS) is 21.2. The first-order chi connectivity index (χ1) is 18.0. The highest BCUT2D eigenvalue weighted by atomic mass is 16.6. The second-order valence-electron chi connectivity index (χ2n) is 9.57. The zero-order valence-electron chi connectivity index (χ0n) is 21.1. The van der Waals surface area contributed by atoms with E-state index in [1.165, 1.54) is 7.11 Å². The molecule has 1 amide bonds. The van der Waals surface area contributed by atoms with Crippen molar-refractivity contribution in [3.8, 4) is 5.75 Å². The molecule has 3 aromatic rings. The molecule has 1 N–H and O–H groups in total. The van der Waals surface area contributed by atoms with Gasteiger partial charge >= 0.3 is 12.1 Å². The van der Waals surface area contributed by atoms with E-state index >= 15 is 0 Å². The molecule has 3 aliphatic heterocycles. The van der Waals surface area contributed by atoms with Crippen LogP contribution >= 0.6 is 0 Å². The van der Waals surface area contributed by atoms with Crippen LogP contribution in [0.25, 0.3) is 0 Å². The summed E-state index contributed by atoms with van der Waals surface area (Å²) in [7, 11) is 3.07. The van der Waals surface area contributed by atoms with Crippen molar-refractivity contribution in [3.63, 3.8) is 0 Å². The summed E-state index contributed by atoms with van der Waals surface area (Å²) < 4.78 is 18.3. The number of aromatic nitrogens is 2. The second kappa shape index (κ2) is 11.0. The Kier molecular flexibility index (Phi) is 7.41. The largest absolute Gasteiger partial charge is 0.487 e. The number of hydrogen-bond acceptors (Lipinski definition) is 7. The summed E-state index contributed by atoms with van der Waals surface area (Å²) >= 11 is 0. The van der Waals surface area contributed by atoms with Crippen LogP contribution in [0.4, 0.5) is 4.79 Å². The van der Waals surface area contributed by atoms with Gasteiger partial charge in [-0.05, 0) is 61.2 Å². The summed E-state index contributed by atoms with van der Waals surface area (Å²) in [6.07, 6.45) is 1.68. The number of nitrogens with zero attached hydrogens (tertiary/aromatic N) is 3. The average molecular weight is 505 g/mol. The van der Waals surface area contributed by atoms with Gasteiger partial charge in [0.15, 0.2) is 5.69 Å². The molecule has 2 unspecified atom stereocenters. The van der Waals surface area contributed by atoms with E-state index in [2.05, 4.69) is 15.3 Å². The number of benzene rings is 2. The standard InChI is InChI=1S/C28H32N4O5/c1-31-22(16-24(30-31)27(33)35-2)18-36-23-10-6-9-21(15-23)26(20-7-4-3-5-8-20)29-28(34)37-25-17-32-13-11-19(25)12-14-32/h3-10,15-16,19,25-26H,11-14,17-18H2,1-2H3,(H,29,34). The van der Waals surface area contributed by atoms with Gasteiger partial charge in [0, 0.05) is 13.6 Å². The lowest BCUT2D eigenvalue weighted by Crippen LogP contribution is -2.52. The first-order valence-electron chi connectivity index (χ1n) is 12.6. The number of ether oxygens (including phenoxy) is 3. The van der Waals surface area contributed by atoms with Gasteiger partial charge in [-0.25, -0.2) is 9.59 Å². The van der Waals surface area contributed by atoms with Crippen LogP contribution in [0.1, 0.15) is 46.2 Å². The Balaban J connectivity index is 1.30. The maximum absolute atomic E-state index is 13.0. The van der Waals surface area contributed by atoms with Gasteiger partial charge in [-0.3, -0.25) is 9.58 Å². The van der Waals surface area contributed by atoms with Crippen molar-refractivity contribution in [2.45, 2.75) is 31.6 Å². The molecule has 2 bridgehead atoms. The molecule has 3 saturated heterocycles. The number of alkyl carbamates (subject to hydrolysis) is 1. The number of esters is 1. The van der Waals surface area contributed by atoms with Gasteiger partial charge in [0.1, 0.15) is 18.5 Å². The highest BCUT2D eigenvalue weighted by Gasteiger charge is 2.36. The summed E-state index contributed by atoms with van der Waals surface area (Å²) in [5.41, 5.74) is 2.77.